The molecular weight excluding hydrogens is 542 g/mol. The summed E-state index contributed by atoms with van der Waals surface area (Å²) in [4.78, 5) is 39.4. The Bertz CT molecular complexity index is 1310. The van der Waals surface area contributed by atoms with Crippen molar-refractivity contribution in [3.05, 3.63) is 97.8 Å². The predicted octanol–water partition coefficient (Wildman–Crippen LogP) is 6.57. The van der Waals surface area contributed by atoms with E-state index in [1.165, 1.54) is 18.1 Å². The lowest BCUT2D eigenvalue weighted by Crippen LogP contribution is -2.27. The lowest BCUT2D eigenvalue weighted by atomic mass is 10.1. The van der Waals surface area contributed by atoms with Gasteiger partial charge in [-0.1, -0.05) is 51.8 Å². The van der Waals surface area contributed by atoms with E-state index in [-0.39, 0.29) is 33.9 Å². The normalized spacial score (nSPS) is 14.6. The Labute approximate surface area is 213 Å². The molecule has 1 heterocycles. The third kappa shape index (κ3) is 5.52. The predicted molar refractivity (Wildman–Crippen MR) is 135 cm³/mol. The molecule has 1 aliphatic heterocycles. The molecule has 0 N–H and O–H groups in total. The second-order valence-corrected chi connectivity index (χ2v) is 9.55. The Hall–Kier alpha value is -3.07. The maximum Gasteiger partial charge on any atom is 0.343 e. The largest absolute Gasteiger partial charge is 0.493 e. The summed E-state index contributed by atoms with van der Waals surface area (Å²) in [6, 6.07) is 18.7. The van der Waals surface area contributed by atoms with Crippen molar-refractivity contribution >= 4 is 62.5 Å². The van der Waals surface area contributed by atoms with Crippen LogP contribution in [0.4, 0.5) is 4.79 Å². The SMILES string of the molecule is COc1ccc(/C=C2\SC(=O)N(Cc3ccc(Br)cc3)C2=O)cc1OC(=O)c1cccc(Cl)c1. The average Bonchev–Trinajstić information content (AvgIpc) is 3.08. The number of rotatable bonds is 6. The number of carbonyl (C=O) groups excluding carboxylic acids is 3. The summed E-state index contributed by atoms with van der Waals surface area (Å²) in [5.74, 6) is -0.467. The summed E-state index contributed by atoms with van der Waals surface area (Å²) in [5.41, 5.74) is 1.70. The van der Waals surface area contributed by atoms with Gasteiger partial charge in [-0.3, -0.25) is 14.5 Å². The van der Waals surface area contributed by atoms with Gasteiger partial charge in [-0.15, -0.1) is 0 Å². The highest BCUT2D eigenvalue weighted by Crippen LogP contribution is 2.35. The van der Waals surface area contributed by atoms with Crippen LogP contribution < -0.4 is 9.47 Å². The van der Waals surface area contributed by atoms with Gasteiger partial charge in [-0.25, -0.2) is 4.79 Å². The maximum absolute atomic E-state index is 12.9. The first kappa shape index (κ1) is 24.1. The van der Waals surface area contributed by atoms with Gasteiger partial charge in [0.1, 0.15) is 0 Å². The molecule has 1 fully saturated rings. The highest BCUT2D eigenvalue weighted by molar-refractivity contribution is 9.10. The lowest BCUT2D eigenvalue weighted by molar-refractivity contribution is -0.123. The smallest absolute Gasteiger partial charge is 0.343 e. The summed E-state index contributed by atoms with van der Waals surface area (Å²) < 4.78 is 11.7. The highest BCUT2D eigenvalue weighted by Gasteiger charge is 2.35. The molecule has 1 saturated heterocycles. The van der Waals surface area contributed by atoms with E-state index < -0.39 is 5.97 Å². The van der Waals surface area contributed by atoms with Crippen LogP contribution in [-0.4, -0.2) is 29.1 Å². The van der Waals surface area contributed by atoms with Crippen LogP contribution in [0, 0.1) is 0 Å². The topological polar surface area (TPSA) is 72.9 Å². The van der Waals surface area contributed by atoms with Crippen molar-refractivity contribution in [2.45, 2.75) is 6.54 Å². The molecule has 6 nitrogen and oxygen atoms in total. The molecule has 1 aliphatic rings. The van der Waals surface area contributed by atoms with Crippen LogP contribution in [-0.2, 0) is 11.3 Å². The first-order chi connectivity index (χ1) is 16.3. The number of benzene rings is 3. The number of esters is 1. The minimum Gasteiger partial charge on any atom is -0.493 e. The van der Waals surface area contributed by atoms with Crippen LogP contribution in [0.25, 0.3) is 6.08 Å². The van der Waals surface area contributed by atoms with Gasteiger partial charge in [0, 0.05) is 9.50 Å². The van der Waals surface area contributed by atoms with Gasteiger partial charge < -0.3 is 9.47 Å². The molecule has 0 radical (unpaired) electrons. The molecule has 0 saturated carbocycles. The van der Waals surface area contributed by atoms with Crippen LogP contribution in [0.2, 0.25) is 5.02 Å². The van der Waals surface area contributed by atoms with Gasteiger partial charge in [0.25, 0.3) is 11.1 Å². The third-order valence-corrected chi connectivity index (χ3v) is 6.55. The fourth-order valence-corrected chi connectivity index (χ4v) is 4.49. The van der Waals surface area contributed by atoms with Crippen molar-refractivity contribution < 1.29 is 23.9 Å². The van der Waals surface area contributed by atoms with Crippen molar-refractivity contribution in [3.8, 4) is 11.5 Å². The third-order valence-electron chi connectivity index (χ3n) is 4.88. The highest BCUT2D eigenvalue weighted by atomic mass is 79.9. The zero-order chi connectivity index (χ0) is 24.2. The van der Waals surface area contributed by atoms with Gasteiger partial charge >= 0.3 is 5.97 Å². The minimum atomic E-state index is -0.604. The molecule has 0 spiro atoms. The Morgan fingerprint density at radius 2 is 1.82 bits per heavy atom. The van der Waals surface area contributed by atoms with E-state index in [4.69, 9.17) is 21.1 Å². The number of methoxy groups -OCH3 is 1. The fourth-order valence-electron chi connectivity index (χ4n) is 3.20. The molecule has 3 aromatic carbocycles. The number of hydrogen-bond acceptors (Lipinski definition) is 6. The van der Waals surface area contributed by atoms with Crippen LogP contribution >= 0.6 is 39.3 Å². The van der Waals surface area contributed by atoms with Crippen molar-refractivity contribution in [3.63, 3.8) is 0 Å². The summed E-state index contributed by atoms with van der Waals surface area (Å²) in [6.07, 6.45) is 1.59. The zero-order valence-corrected chi connectivity index (χ0v) is 20.9. The molecule has 0 aliphatic carbocycles. The molecule has 0 atom stereocenters. The Morgan fingerprint density at radius 1 is 1.06 bits per heavy atom. The fraction of sp³-hybridized carbons (Fsp3) is 0.0800. The van der Waals surface area contributed by atoms with E-state index in [1.54, 1.807) is 42.5 Å². The lowest BCUT2D eigenvalue weighted by Gasteiger charge is -2.12. The molecule has 34 heavy (non-hydrogen) atoms. The second-order valence-electron chi connectivity index (χ2n) is 7.20. The quantitative estimate of drug-likeness (QED) is 0.194. The van der Waals surface area contributed by atoms with Gasteiger partial charge in [0.2, 0.25) is 0 Å². The van der Waals surface area contributed by atoms with Gasteiger partial charge in [-0.2, -0.15) is 0 Å². The zero-order valence-electron chi connectivity index (χ0n) is 17.8. The number of hydrogen-bond donors (Lipinski definition) is 0. The molecular formula is C25H17BrClNO5S. The molecule has 0 aromatic heterocycles. The van der Waals surface area contributed by atoms with Gasteiger partial charge in [0.05, 0.1) is 24.1 Å². The van der Waals surface area contributed by atoms with Crippen LogP contribution in [0.5, 0.6) is 11.5 Å². The molecule has 0 unspecified atom stereocenters. The van der Waals surface area contributed by atoms with E-state index >= 15 is 0 Å². The number of nitrogens with zero attached hydrogens (tertiary/aromatic N) is 1. The van der Waals surface area contributed by atoms with Crippen molar-refractivity contribution in [1.82, 2.24) is 4.90 Å². The minimum absolute atomic E-state index is 0.176. The van der Waals surface area contributed by atoms with E-state index in [2.05, 4.69) is 15.9 Å². The summed E-state index contributed by atoms with van der Waals surface area (Å²) >= 11 is 10.2. The number of halogens is 2. The van der Waals surface area contributed by atoms with Crippen molar-refractivity contribution in [2.24, 2.45) is 0 Å². The summed E-state index contributed by atoms with van der Waals surface area (Å²) in [5, 5.41) is 0.0642. The van der Waals surface area contributed by atoms with E-state index in [0.29, 0.717) is 16.3 Å². The number of carbonyl (C=O) groups is 3. The van der Waals surface area contributed by atoms with Gasteiger partial charge in [0.15, 0.2) is 11.5 Å². The second kappa shape index (κ2) is 10.5. The van der Waals surface area contributed by atoms with Crippen molar-refractivity contribution in [1.29, 1.82) is 0 Å². The maximum atomic E-state index is 12.9. The summed E-state index contributed by atoms with van der Waals surface area (Å²) in [6.45, 7) is 0.181. The molecule has 172 valence electrons. The Morgan fingerprint density at radius 3 is 2.53 bits per heavy atom. The standard InChI is InChI=1S/C25H17BrClNO5S/c1-32-20-10-7-16(11-21(20)33-24(30)17-3-2-4-19(27)13-17)12-22-23(29)28(25(31)34-22)14-15-5-8-18(26)9-6-15/h2-13H,14H2,1H3/b22-12-. The number of thioether (sulfide) groups is 1. The molecule has 2 amide bonds. The van der Waals surface area contributed by atoms with E-state index in [9.17, 15) is 14.4 Å². The first-order valence-electron chi connectivity index (χ1n) is 9.99. The van der Waals surface area contributed by atoms with E-state index in [0.717, 1.165) is 21.8 Å². The number of ether oxygens (including phenoxy) is 2. The van der Waals surface area contributed by atoms with Crippen molar-refractivity contribution in [2.75, 3.05) is 7.11 Å². The molecule has 0 bridgehead atoms. The van der Waals surface area contributed by atoms with Gasteiger partial charge in [-0.05, 0) is 71.4 Å². The number of amides is 2. The molecule has 9 heteroatoms. The molecule has 4 rings (SSSR count). The Kier molecular flexibility index (Phi) is 7.41. The summed E-state index contributed by atoms with van der Waals surface area (Å²) in [7, 11) is 1.46. The average molecular weight is 559 g/mol. The Balaban J connectivity index is 1.55. The van der Waals surface area contributed by atoms with Crippen LogP contribution in [0.15, 0.2) is 76.1 Å². The monoisotopic (exact) mass is 557 g/mol. The molecule has 3 aromatic rings. The van der Waals surface area contributed by atoms with Crippen LogP contribution in [0.1, 0.15) is 21.5 Å². The van der Waals surface area contributed by atoms with Crippen LogP contribution in [0.3, 0.4) is 0 Å². The number of imide groups is 1. The first-order valence-corrected chi connectivity index (χ1v) is 12.0. The van der Waals surface area contributed by atoms with E-state index in [1.807, 2.05) is 24.3 Å².